The van der Waals surface area contributed by atoms with Crippen LogP contribution in [0.1, 0.15) is 18.9 Å². The lowest BCUT2D eigenvalue weighted by molar-refractivity contribution is -0.124. The molecule has 4 nitrogen and oxygen atoms in total. The van der Waals surface area contributed by atoms with Crippen LogP contribution < -0.4 is 10.5 Å². The van der Waals surface area contributed by atoms with Gasteiger partial charge in [0.1, 0.15) is 5.75 Å². The first-order chi connectivity index (χ1) is 7.17. The number of benzene rings is 1. The Kier molecular flexibility index (Phi) is 3.69. The predicted octanol–water partition coefficient (Wildman–Crippen LogP) is 1.20. The lowest BCUT2D eigenvalue weighted by Crippen LogP contribution is -2.32. The number of primary amides is 1. The van der Waals surface area contributed by atoms with Crippen LogP contribution in [-0.4, -0.2) is 12.0 Å². The smallest absolute Gasteiger partial charge is 0.258 e. The number of nitrogens with zero attached hydrogens (tertiary/aromatic N) is 1. The van der Waals surface area contributed by atoms with Crippen molar-refractivity contribution < 1.29 is 9.53 Å². The average molecular weight is 204 g/mol. The average Bonchev–Trinajstić information content (AvgIpc) is 2.26. The van der Waals surface area contributed by atoms with Crippen molar-refractivity contribution in [1.29, 1.82) is 5.26 Å². The van der Waals surface area contributed by atoms with E-state index in [4.69, 9.17) is 15.7 Å². The Bertz CT molecular complexity index is 379. The molecular weight excluding hydrogens is 192 g/mol. The van der Waals surface area contributed by atoms with Gasteiger partial charge in [-0.25, -0.2) is 0 Å². The summed E-state index contributed by atoms with van der Waals surface area (Å²) in [7, 11) is 0. The summed E-state index contributed by atoms with van der Waals surface area (Å²) in [5, 5.41) is 8.58. The maximum Gasteiger partial charge on any atom is 0.258 e. The fourth-order valence-corrected chi connectivity index (χ4v) is 1.11. The largest absolute Gasteiger partial charge is 0.481 e. The maximum atomic E-state index is 10.9. The van der Waals surface area contributed by atoms with E-state index in [-0.39, 0.29) is 0 Å². The highest BCUT2D eigenvalue weighted by atomic mass is 16.5. The highest BCUT2D eigenvalue weighted by Crippen LogP contribution is 2.14. The molecule has 78 valence electrons. The molecule has 0 saturated carbocycles. The Morgan fingerprint density at radius 3 is 2.53 bits per heavy atom. The van der Waals surface area contributed by atoms with Gasteiger partial charge in [-0.3, -0.25) is 4.79 Å². The van der Waals surface area contributed by atoms with Crippen LogP contribution in [0.4, 0.5) is 0 Å². The van der Waals surface area contributed by atoms with Gasteiger partial charge in [0, 0.05) is 0 Å². The third kappa shape index (κ3) is 2.99. The van der Waals surface area contributed by atoms with Crippen LogP contribution >= 0.6 is 0 Å². The summed E-state index contributed by atoms with van der Waals surface area (Å²) in [6.45, 7) is 1.82. The summed E-state index contributed by atoms with van der Waals surface area (Å²) in [4.78, 5) is 10.9. The summed E-state index contributed by atoms with van der Waals surface area (Å²) in [6.07, 6.45) is -0.0899. The lowest BCUT2D eigenvalue weighted by Gasteiger charge is -2.13. The molecule has 1 rings (SSSR count). The molecule has 0 saturated heterocycles. The van der Waals surface area contributed by atoms with Crippen molar-refractivity contribution in [3.63, 3.8) is 0 Å². The van der Waals surface area contributed by atoms with Gasteiger partial charge in [0.05, 0.1) is 11.6 Å². The number of ether oxygens (including phenoxy) is 1. The Hall–Kier alpha value is -2.02. The minimum Gasteiger partial charge on any atom is -0.481 e. The molecule has 1 unspecified atom stereocenters. The van der Waals surface area contributed by atoms with E-state index >= 15 is 0 Å². The minimum absolute atomic E-state index is 0.484. The Morgan fingerprint density at radius 1 is 1.53 bits per heavy atom. The monoisotopic (exact) mass is 204 g/mol. The van der Waals surface area contributed by atoms with Gasteiger partial charge in [-0.1, -0.05) is 6.92 Å². The first-order valence-electron chi connectivity index (χ1n) is 4.63. The van der Waals surface area contributed by atoms with E-state index in [0.717, 1.165) is 0 Å². The third-order valence-corrected chi connectivity index (χ3v) is 1.95. The van der Waals surface area contributed by atoms with Gasteiger partial charge in [0.15, 0.2) is 6.10 Å². The second-order valence-electron chi connectivity index (χ2n) is 3.05. The molecule has 1 atom stereocenters. The Balaban J connectivity index is 2.72. The highest BCUT2D eigenvalue weighted by molar-refractivity contribution is 5.79. The zero-order chi connectivity index (χ0) is 11.3. The molecule has 4 heteroatoms. The zero-order valence-corrected chi connectivity index (χ0v) is 8.43. The second-order valence-corrected chi connectivity index (χ2v) is 3.05. The van der Waals surface area contributed by atoms with Crippen LogP contribution in [0.3, 0.4) is 0 Å². The molecule has 0 bridgehead atoms. The molecule has 1 aromatic rings. The van der Waals surface area contributed by atoms with Crippen LogP contribution in [-0.2, 0) is 4.79 Å². The lowest BCUT2D eigenvalue weighted by atomic mass is 10.2. The second kappa shape index (κ2) is 5.01. The van der Waals surface area contributed by atoms with Gasteiger partial charge in [0.2, 0.25) is 0 Å². The fraction of sp³-hybridized carbons (Fsp3) is 0.273. The molecule has 0 fully saturated rings. The molecule has 2 N–H and O–H groups in total. The van der Waals surface area contributed by atoms with E-state index < -0.39 is 12.0 Å². The van der Waals surface area contributed by atoms with Gasteiger partial charge in [-0.2, -0.15) is 5.26 Å². The van der Waals surface area contributed by atoms with Crippen molar-refractivity contribution in [2.45, 2.75) is 19.4 Å². The van der Waals surface area contributed by atoms with E-state index in [9.17, 15) is 4.79 Å². The van der Waals surface area contributed by atoms with Crippen molar-refractivity contribution in [3.8, 4) is 11.8 Å². The van der Waals surface area contributed by atoms with E-state index in [2.05, 4.69) is 0 Å². The number of hydrogen-bond donors (Lipinski definition) is 1. The van der Waals surface area contributed by atoms with Gasteiger partial charge < -0.3 is 10.5 Å². The fourth-order valence-electron chi connectivity index (χ4n) is 1.11. The molecule has 1 amide bonds. The molecule has 0 radical (unpaired) electrons. The maximum absolute atomic E-state index is 10.9. The quantitative estimate of drug-likeness (QED) is 0.800. The zero-order valence-electron chi connectivity index (χ0n) is 8.43. The van der Waals surface area contributed by atoms with E-state index in [1.165, 1.54) is 0 Å². The standard InChI is InChI=1S/C11H12N2O2/c1-2-10(11(13)14)15-9-5-3-8(7-12)4-6-9/h3-6,10H,2H2,1H3,(H2,13,14). The van der Waals surface area contributed by atoms with Crippen molar-refractivity contribution in [2.24, 2.45) is 5.73 Å². The summed E-state index contributed by atoms with van der Waals surface area (Å²) in [5.41, 5.74) is 5.69. The van der Waals surface area contributed by atoms with Crippen LogP contribution in [0.15, 0.2) is 24.3 Å². The summed E-state index contributed by atoms with van der Waals surface area (Å²) in [6, 6.07) is 8.54. The van der Waals surface area contributed by atoms with Gasteiger partial charge in [-0.15, -0.1) is 0 Å². The van der Waals surface area contributed by atoms with Crippen LogP contribution in [0.2, 0.25) is 0 Å². The molecule has 0 aliphatic heterocycles. The van der Waals surface area contributed by atoms with Gasteiger partial charge in [-0.05, 0) is 30.7 Å². The van der Waals surface area contributed by atoms with Crippen molar-refractivity contribution in [3.05, 3.63) is 29.8 Å². The molecule has 0 aliphatic rings. The van der Waals surface area contributed by atoms with E-state index in [1.807, 2.05) is 13.0 Å². The number of amides is 1. The Morgan fingerprint density at radius 2 is 2.13 bits per heavy atom. The van der Waals surface area contributed by atoms with Crippen LogP contribution in [0.25, 0.3) is 0 Å². The third-order valence-electron chi connectivity index (χ3n) is 1.95. The molecule has 0 aliphatic carbocycles. The van der Waals surface area contributed by atoms with Crippen molar-refractivity contribution in [1.82, 2.24) is 0 Å². The first-order valence-corrected chi connectivity index (χ1v) is 4.63. The number of carbonyl (C=O) groups excluding carboxylic acids is 1. The number of carbonyl (C=O) groups is 1. The van der Waals surface area contributed by atoms with Crippen LogP contribution in [0, 0.1) is 11.3 Å². The van der Waals surface area contributed by atoms with Crippen LogP contribution in [0.5, 0.6) is 5.75 Å². The normalized spacial score (nSPS) is 11.5. The number of nitrogens with two attached hydrogens (primary N) is 1. The first kappa shape index (κ1) is 11.1. The van der Waals surface area contributed by atoms with Gasteiger partial charge >= 0.3 is 0 Å². The summed E-state index contributed by atoms with van der Waals surface area (Å²) < 4.78 is 5.34. The van der Waals surface area contributed by atoms with Crippen molar-refractivity contribution >= 4 is 5.91 Å². The number of rotatable bonds is 4. The van der Waals surface area contributed by atoms with Gasteiger partial charge in [0.25, 0.3) is 5.91 Å². The predicted molar refractivity (Wildman–Crippen MR) is 55.1 cm³/mol. The molecule has 15 heavy (non-hydrogen) atoms. The minimum atomic E-state index is -0.613. The number of nitriles is 1. The topological polar surface area (TPSA) is 76.1 Å². The SMILES string of the molecule is CCC(Oc1ccc(C#N)cc1)C(N)=O. The summed E-state index contributed by atoms with van der Waals surface area (Å²) >= 11 is 0. The molecular formula is C11H12N2O2. The van der Waals surface area contributed by atoms with E-state index in [1.54, 1.807) is 24.3 Å². The molecule has 0 aromatic heterocycles. The molecule has 0 heterocycles. The van der Waals surface area contributed by atoms with E-state index in [0.29, 0.717) is 17.7 Å². The summed E-state index contributed by atoms with van der Waals surface area (Å²) in [5.74, 6) is 0.0570. The Labute approximate surface area is 88.3 Å². The molecule has 1 aromatic carbocycles. The number of hydrogen-bond acceptors (Lipinski definition) is 3. The molecule has 0 spiro atoms. The highest BCUT2D eigenvalue weighted by Gasteiger charge is 2.13. The van der Waals surface area contributed by atoms with Crippen molar-refractivity contribution in [2.75, 3.05) is 0 Å².